The molecule has 0 aliphatic rings. The molecule has 0 saturated carbocycles. The number of amides is 2. The number of carboxylic acid groups (broad SMARTS) is 1. The Hall–Kier alpha value is -2.99. The highest BCUT2D eigenvalue weighted by Gasteiger charge is 2.35. The SMILES string of the molecule is NCCC[C@@H](C(=O)O)N(C(=O)c1ccccc1)C(=O)c1ccccc1. The molecule has 3 N–H and O–H groups in total. The maximum atomic E-state index is 12.9. The van der Waals surface area contributed by atoms with Gasteiger partial charge in [-0.05, 0) is 43.7 Å². The van der Waals surface area contributed by atoms with Crippen molar-refractivity contribution in [1.29, 1.82) is 0 Å². The maximum absolute atomic E-state index is 12.9. The molecule has 2 aromatic carbocycles. The van der Waals surface area contributed by atoms with E-state index in [9.17, 15) is 19.5 Å². The van der Waals surface area contributed by atoms with Crippen LogP contribution in [0.15, 0.2) is 60.7 Å². The molecule has 25 heavy (non-hydrogen) atoms. The highest BCUT2D eigenvalue weighted by atomic mass is 16.4. The van der Waals surface area contributed by atoms with Crippen LogP contribution in [0.2, 0.25) is 0 Å². The maximum Gasteiger partial charge on any atom is 0.326 e. The van der Waals surface area contributed by atoms with Gasteiger partial charge in [-0.1, -0.05) is 36.4 Å². The van der Waals surface area contributed by atoms with Gasteiger partial charge in [0.1, 0.15) is 6.04 Å². The first-order valence-electron chi connectivity index (χ1n) is 7.97. The Kier molecular flexibility index (Phi) is 6.42. The van der Waals surface area contributed by atoms with Gasteiger partial charge in [-0.15, -0.1) is 0 Å². The molecule has 6 heteroatoms. The fraction of sp³-hybridized carbons (Fsp3) is 0.211. The second-order valence-electron chi connectivity index (χ2n) is 5.50. The van der Waals surface area contributed by atoms with Gasteiger partial charge in [0.2, 0.25) is 0 Å². The van der Waals surface area contributed by atoms with Crippen molar-refractivity contribution in [2.45, 2.75) is 18.9 Å². The summed E-state index contributed by atoms with van der Waals surface area (Å²) in [5.41, 5.74) is 5.98. The van der Waals surface area contributed by atoms with Gasteiger partial charge >= 0.3 is 5.97 Å². The van der Waals surface area contributed by atoms with Crippen molar-refractivity contribution in [1.82, 2.24) is 4.90 Å². The lowest BCUT2D eigenvalue weighted by Gasteiger charge is -2.27. The molecule has 2 amide bonds. The van der Waals surface area contributed by atoms with E-state index in [0.717, 1.165) is 4.90 Å². The van der Waals surface area contributed by atoms with Crippen LogP contribution in [0.1, 0.15) is 33.6 Å². The number of hydrogen-bond acceptors (Lipinski definition) is 4. The molecule has 0 spiro atoms. The molecular formula is C19H20N2O4. The van der Waals surface area contributed by atoms with Crippen molar-refractivity contribution in [3.63, 3.8) is 0 Å². The van der Waals surface area contributed by atoms with E-state index in [4.69, 9.17) is 5.73 Å². The Labute approximate surface area is 145 Å². The number of nitrogens with two attached hydrogens (primary N) is 1. The molecule has 0 aliphatic heterocycles. The Morgan fingerprint density at radius 3 is 1.68 bits per heavy atom. The van der Waals surface area contributed by atoms with Crippen LogP contribution in [-0.4, -0.2) is 40.4 Å². The average molecular weight is 340 g/mol. The molecule has 0 bridgehead atoms. The summed E-state index contributed by atoms with van der Waals surface area (Å²) in [5.74, 6) is -2.51. The summed E-state index contributed by atoms with van der Waals surface area (Å²) in [6.07, 6.45) is 0.487. The Morgan fingerprint density at radius 1 is 0.880 bits per heavy atom. The second kappa shape index (κ2) is 8.75. The average Bonchev–Trinajstić information content (AvgIpc) is 2.65. The van der Waals surface area contributed by atoms with Crippen molar-refractivity contribution in [2.24, 2.45) is 5.73 Å². The minimum Gasteiger partial charge on any atom is -0.480 e. The van der Waals surface area contributed by atoms with E-state index in [0.29, 0.717) is 6.42 Å². The highest BCUT2D eigenvalue weighted by Crippen LogP contribution is 2.17. The van der Waals surface area contributed by atoms with Gasteiger partial charge in [-0.3, -0.25) is 14.5 Å². The Bertz CT molecular complexity index is 680. The van der Waals surface area contributed by atoms with Gasteiger partial charge in [0, 0.05) is 11.1 Å². The van der Waals surface area contributed by atoms with E-state index < -0.39 is 23.8 Å². The summed E-state index contributed by atoms with van der Waals surface area (Å²) in [4.78, 5) is 38.3. The number of carbonyl (C=O) groups is 3. The van der Waals surface area contributed by atoms with Crippen molar-refractivity contribution >= 4 is 17.8 Å². The van der Waals surface area contributed by atoms with Crippen LogP contribution < -0.4 is 5.73 Å². The lowest BCUT2D eigenvalue weighted by atomic mass is 10.1. The minimum atomic E-state index is -1.27. The lowest BCUT2D eigenvalue weighted by molar-refractivity contribution is -0.141. The van der Waals surface area contributed by atoms with Crippen LogP contribution in [0.4, 0.5) is 0 Å². The molecular weight excluding hydrogens is 320 g/mol. The number of aliphatic carboxylic acids is 1. The predicted molar refractivity (Wildman–Crippen MR) is 93.1 cm³/mol. The van der Waals surface area contributed by atoms with Gasteiger partial charge in [-0.2, -0.15) is 0 Å². The van der Waals surface area contributed by atoms with Gasteiger partial charge < -0.3 is 10.8 Å². The number of hydrogen-bond donors (Lipinski definition) is 2. The first kappa shape index (κ1) is 18.4. The van der Waals surface area contributed by atoms with Crippen LogP contribution in [0, 0.1) is 0 Å². The first-order valence-corrected chi connectivity index (χ1v) is 7.97. The standard InChI is InChI=1S/C19H20N2O4/c20-13-7-12-16(19(24)25)21(17(22)14-8-3-1-4-9-14)18(23)15-10-5-2-6-11-15/h1-6,8-11,16H,7,12-13,20H2,(H,24,25)/t16-/m0/s1. The Balaban J connectivity index is 2.44. The topological polar surface area (TPSA) is 101 Å². The van der Waals surface area contributed by atoms with Crippen LogP contribution in [0.3, 0.4) is 0 Å². The number of carbonyl (C=O) groups excluding carboxylic acids is 2. The molecule has 2 aromatic rings. The highest BCUT2D eigenvalue weighted by molar-refractivity contribution is 6.12. The molecule has 0 fully saturated rings. The van der Waals surface area contributed by atoms with Gasteiger partial charge in [0.05, 0.1) is 0 Å². The van der Waals surface area contributed by atoms with E-state index in [1.165, 1.54) is 0 Å². The van der Waals surface area contributed by atoms with Gasteiger partial charge in [-0.25, -0.2) is 4.79 Å². The van der Waals surface area contributed by atoms with Crippen molar-refractivity contribution < 1.29 is 19.5 Å². The molecule has 2 rings (SSSR count). The number of rotatable bonds is 7. The third-order valence-electron chi connectivity index (χ3n) is 3.76. The van der Waals surface area contributed by atoms with Crippen molar-refractivity contribution in [3.8, 4) is 0 Å². The largest absolute Gasteiger partial charge is 0.480 e. The minimum absolute atomic E-state index is 0.100. The number of nitrogens with zero attached hydrogens (tertiary/aromatic N) is 1. The van der Waals surface area contributed by atoms with Crippen molar-refractivity contribution in [2.75, 3.05) is 6.54 Å². The lowest BCUT2D eigenvalue weighted by Crippen LogP contribution is -2.49. The van der Waals surface area contributed by atoms with E-state index >= 15 is 0 Å². The number of benzene rings is 2. The quantitative estimate of drug-likeness (QED) is 0.752. The van der Waals surface area contributed by atoms with Gasteiger partial charge in [0.15, 0.2) is 0 Å². The molecule has 6 nitrogen and oxygen atoms in total. The molecule has 0 radical (unpaired) electrons. The normalized spacial score (nSPS) is 11.6. The predicted octanol–water partition coefficient (Wildman–Crippen LogP) is 2.16. The zero-order valence-electron chi connectivity index (χ0n) is 13.7. The third kappa shape index (κ3) is 4.51. The van der Waals surface area contributed by atoms with Gasteiger partial charge in [0.25, 0.3) is 11.8 Å². The zero-order chi connectivity index (χ0) is 18.2. The smallest absolute Gasteiger partial charge is 0.326 e. The monoisotopic (exact) mass is 340 g/mol. The molecule has 0 unspecified atom stereocenters. The number of imide groups is 1. The summed E-state index contributed by atoms with van der Waals surface area (Å²) < 4.78 is 0. The molecule has 0 saturated heterocycles. The van der Waals surface area contributed by atoms with Crippen LogP contribution in [0.5, 0.6) is 0 Å². The third-order valence-corrected chi connectivity index (χ3v) is 3.76. The molecule has 1 atom stereocenters. The van der Waals surface area contributed by atoms with E-state index in [1.54, 1.807) is 60.7 Å². The molecule has 130 valence electrons. The molecule has 0 heterocycles. The fourth-order valence-corrected chi connectivity index (χ4v) is 2.49. The molecule has 0 aliphatic carbocycles. The van der Waals surface area contributed by atoms with Crippen LogP contribution in [-0.2, 0) is 4.79 Å². The van der Waals surface area contributed by atoms with E-state index in [2.05, 4.69) is 0 Å². The number of carboxylic acids is 1. The van der Waals surface area contributed by atoms with E-state index in [-0.39, 0.29) is 24.1 Å². The summed E-state index contributed by atoms with van der Waals surface area (Å²) in [7, 11) is 0. The Morgan fingerprint density at radius 2 is 1.32 bits per heavy atom. The summed E-state index contributed by atoms with van der Waals surface area (Å²) in [5, 5.41) is 9.57. The van der Waals surface area contributed by atoms with Crippen LogP contribution in [0.25, 0.3) is 0 Å². The second-order valence-corrected chi connectivity index (χ2v) is 5.50. The first-order chi connectivity index (χ1) is 12.1. The summed E-state index contributed by atoms with van der Waals surface area (Å²) in [6.45, 7) is 0.274. The molecule has 0 aromatic heterocycles. The van der Waals surface area contributed by atoms with Crippen molar-refractivity contribution in [3.05, 3.63) is 71.8 Å². The zero-order valence-corrected chi connectivity index (χ0v) is 13.7. The van der Waals surface area contributed by atoms with E-state index in [1.807, 2.05) is 0 Å². The fourth-order valence-electron chi connectivity index (χ4n) is 2.49. The van der Waals surface area contributed by atoms with Crippen LogP contribution >= 0.6 is 0 Å². The summed E-state index contributed by atoms with van der Waals surface area (Å²) in [6, 6.07) is 15.1. The summed E-state index contributed by atoms with van der Waals surface area (Å²) >= 11 is 0.